The second kappa shape index (κ2) is 9.27. The highest BCUT2D eigenvalue weighted by atomic mass is 19.3. The average Bonchev–Trinajstić information content (AvgIpc) is 3.23. The second-order valence-electron chi connectivity index (χ2n) is 7.38. The van der Waals surface area contributed by atoms with Crippen LogP contribution in [-0.2, 0) is 4.79 Å². The molecule has 0 spiro atoms. The number of halogens is 2. The van der Waals surface area contributed by atoms with Gasteiger partial charge in [0.25, 0.3) is 5.91 Å². The summed E-state index contributed by atoms with van der Waals surface area (Å²) >= 11 is 0. The lowest BCUT2D eigenvalue weighted by atomic mass is 9.94. The van der Waals surface area contributed by atoms with Crippen LogP contribution >= 0.6 is 0 Å². The molecule has 1 atom stereocenters. The number of amides is 1. The quantitative estimate of drug-likeness (QED) is 0.545. The molecular formula is C23H23F2N5O3. The Bertz CT molecular complexity index is 1210. The number of hydrogen-bond acceptors (Lipinski definition) is 6. The predicted molar refractivity (Wildman–Crippen MR) is 119 cm³/mol. The van der Waals surface area contributed by atoms with E-state index >= 15 is 0 Å². The fourth-order valence-corrected chi connectivity index (χ4v) is 3.75. The number of nitrogens with zero attached hydrogens (tertiary/aromatic N) is 3. The van der Waals surface area contributed by atoms with Gasteiger partial charge in [0.2, 0.25) is 5.95 Å². The number of hydrogen-bond donors (Lipinski definition) is 2. The third-order valence-electron chi connectivity index (χ3n) is 5.23. The average molecular weight is 455 g/mol. The monoisotopic (exact) mass is 455 g/mol. The summed E-state index contributed by atoms with van der Waals surface area (Å²) in [6, 6.07) is 11.4. The zero-order chi connectivity index (χ0) is 23.5. The van der Waals surface area contributed by atoms with E-state index in [-0.39, 0.29) is 24.0 Å². The summed E-state index contributed by atoms with van der Waals surface area (Å²) in [4.78, 5) is 17.7. The molecule has 4 rings (SSSR count). The summed E-state index contributed by atoms with van der Waals surface area (Å²) < 4.78 is 37.4. The van der Waals surface area contributed by atoms with Crippen LogP contribution in [0.4, 0.5) is 20.4 Å². The van der Waals surface area contributed by atoms with E-state index in [0.29, 0.717) is 28.5 Å². The highest BCUT2D eigenvalue weighted by molar-refractivity contribution is 6.06. The van der Waals surface area contributed by atoms with Crippen molar-refractivity contribution in [1.29, 1.82) is 0 Å². The third-order valence-corrected chi connectivity index (χ3v) is 5.23. The molecule has 33 heavy (non-hydrogen) atoms. The number of nitrogens with one attached hydrogen (secondary N) is 2. The van der Waals surface area contributed by atoms with E-state index in [1.54, 1.807) is 30.7 Å². The Morgan fingerprint density at radius 1 is 1.21 bits per heavy atom. The number of benzene rings is 2. The Labute approximate surface area is 189 Å². The van der Waals surface area contributed by atoms with Gasteiger partial charge in [-0.1, -0.05) is 24.3 Å². The smallest absolute Gasteiger partial charge is 0.387 e. The molecule has 10 heteroatoms. The maximum Gasteiger partial charge on any atom is 0.387 e. The number of para-hydroxylation sites is 1. The maximum atomic E-state index is 13.4. The Hall–Kier alpha value is -3.95. The van der Waals surface area contributed by atoms with Crippen molar-refractivity contribution in [3.8, 4) is 11.5 Å². The first-order chi connectivity index (χ1) is 15.9. The summed E-state index contributed by atoms with van der Waals surface area (Å²) in [6.45, 7) is 2.67. The topological polar surface area (TPSA) is 90.3 Å². The molecule has 1 aromatic heterocycles. The van der Waals surface area contributed by atoms with Crippen molar-refractivity contribution in [3.05, 3.63) is 71.2 Å². The minimum Gasteiger partial charge on any atom is -0.490 e. The van der Waals surface area contributed by atoms with Crippen LogP contribution in [0.1, 0.15) is 31.0 Å². The van der Waals surface area contributed by atoms with Gasteiger partial charge in [0, 0.05) is 11.4 Å². The molecule has 8 nitrogen and oxygen atoms in total. The van der Waals surface area contributed by atoms with Crippen molar-refractivity contribution < 1.29 is 23.0 Å². The number of carbonyl (C=O) groups excluding carboxylic acids is 1. The minimum atomic E-state index is -2.99. The molecule has 172 valence electrons. The normalized spacial score (nSPS) is 15.2. The first-order valence-corrected chi connectivity index (χ1v) is 10.3. The number of aryl methyl sites for hydroxylation is 1. The van der Waals surface area contributed by atoms with Crippen LogP contribution in [0.15, 0.2) is 60.1 Å². The summed E-state index contributed by atoms with van der Waals surface area (Å²) in [7, 11) is 0. The highest BCUT2D eigenvalue weighted by Crippen LogP contribution is 2.39. The molecule has 0 saturated heterocycles. The van der Waals surface area contributed by atoms with Crippen molar-refractivity contribution in [1.82, 2.24) is 14.8 Å². The number of fused-ring (bicyclic) bond motifs is 1. The number of ether oxygens (including phenoxy) is 2. The molecular weight excluding hydrogens is 432 g/mol. The van der Waals surface area contributed by atoms with E-state index in [1.165, 1.54) is 12.4 Å². The first-order valence-electron chi connectivity index (χ1n) is 10.3. The second-order valence-corrected chi connectivity index (χ2v) is 7.38. The van der Waals surface area contributed by atoms with Crippen molar-refractivity contribution in [2.45, 2.75) is 33.4 Å². The van der Waals surface area contributed by atoms with Gasteiger partial charge < -0.3 is 20.1 Å². The van der Waals surface area contributed by atoms with Gasteiger partial charge >= 0.3 is 6.61 Å². The highest BCUT2D eigenvalue weighted by Gasteiger charge is 2.34. The van der Waals surface area contributed by atoms with Crippen LogP contribution < -0.4 is 20.1 Å². The first kappa shape index (κ1) is 22.3. The molecule has 0 radical (unpaired) electrons. The van der Waals surface area contributed by atoms with Crippen molar-refractivity contribution in [3.63, 3.8) is 0 Å². The van der Waals surface area contributed by atoms with Crippen molar-refractivity contribution in [2.24, 2.45) is 0 Å². The van der Waals surface area contributed by atoms with Gasteiger partial charge in [-0.2, -0.15) is 18.9 Å². The number of carbonyl (C=O) groups is 1. The summed E-state index contributed by atoms with van der Waals surface area (Å²) in [5.41, 5.74) is 3.20. The minimum absolute atomic E-state index is 0.0880. The maximum absolute atomic E-state index is 13.4. The van der Waals surface area contributed by atoms with Gasteiger partial charge in [-0.3, -0.25) is 4.79 Å². The van der Waals surface area contributed by atoms with Crippen LogP contribution in [0, 0.1) is 6.92 Å². The summed E-state index contributed by atoms with van der Waals surface area (Å²) in [6.07, 6.45) is 1.38. The number of aromatic nitrogens is 3. The Kier molecular flexibility index (Phi) is 6.25. The molecule has 1 aliphatic heterocycles. The zero-order valence-corrected chi connectivity index (χ0v) is 18.3. The van der Waals surface area contributed by atoms with E-state index < -0.39 is 12.7 Å². The number of alkyl halides is 2. The third kappa shape index (κ3) is 4.50. The summed E-state index contributed by atoms with van der Waals surface area (Å²) in [5, 5.41) is 10.3. The van der Waals surface area contributed by atoms with Crippen LogP contribution in [0.2, 0.25) is 0 Å². The van der Waals surface area contributed by atoms with Gasteiger partial charge in [0.1, 0.15) is 12.4 Å². The van der Waals surface area contributed by atoms with Gasteiger partial charge in [-0.05, 0) is 50.1 Å². The zero-order valence-electron chi connectivity index (χ0n) is 18.3. The molecule has 2 heterocycles. The van der Waals surface area contributed by atoms with E-state index in [1.807, 2.05) is 31.2 Å². The lowest BCUT2D eigenvalue weighted by Crippen LogP contribution is -2.31. The SMILES string of the molecule is CCOc1cc(C2C(C(=O)Nc3ccccc3C)=C(C)Nc3ncnn32)ccc1OC(F)F. The van der Waals surface area contributed by atoms with Gasteiger partial charge in [0.05, 0.1) is 12.2 Å². The molecule has 0 bridgehead atoms. The van der Waals surface area contributed by atoms with E-state index in [4.69, 9.17) is 4.74 Å². The lowest BCUT2D eigenvalue weighted by Gasteiger charge is -2.29. The molecule has 3 aromatic rings. The van der Waals surface area contributed by atoms with Crippen LogP contribution in [0.25, 0.3) is 0 Å². The van der Waals surface area contributed by atoms with E-state index in [2.05, 4.69) is 25.5 Å². The molecule has 1 unspecified atom stereocenters. The van der Waals surface area contributed by atoms with E-state index in [0.717, 1.165) is 5.56 Å². The molecule has 2 aromatic carbocycles. The molecule has 0 fully saturated rings. The predicted octanol–water partition coefficient (Wildman–Crippen LogP) is 4.51. The molecule has 0 aliphatic carbocycles. The van der Waals surface area contributed by atoms with Crippen LogP contribution in [0.5, 0.6) is 11.5 Å². The number of anilines is 2. The molecule has 1 amide bonds. The Morgan fingerprint density at radius 3 is 2.73 bits per heavy atom. The van der Waals surface area contributed by atoms with Crippen molar-refractivity contribution >= 4 is 17.5 Å². The Morgan fingerprint density at radius 2 is 2.00 bits per heavy atom. The fourth-order valence-electron chi connectivity index (χ4n) is 3.75. The lowest BCUT2D eigenvalue weighted by molar-refractivity contribution is -0.113. The molecule has 1 aliphatic rings. The standard InChI is InChI=1S/C23H23F2N5O3/c1-4-32-18-11-15(9-10-17(18)33-22(24)25)20-19(14(3)28-23-26-12-27-30(20)23)21(31)29-16-8-6-5-7-13(16)2/h5-12,20,22H,4H2,1-3H3,(H,29,31)(H,26,27,28). The van der Waals surface area contributed by atoms with Gasteiger partial charge in [-0.25, -0.2) is 4.68 Å². The molecule has 0 saturated carbocycles. The van der Waals surface area contributed by atoms with Crippen LogP contribution in [-0.4, -0.2) is 33.9 Å². The van der Waals surface area contributed by atoms with Gasteiger partial charge in [0.15, 0.2) is 11.5 Å². The number of rotatable bonds is 7. The van der Waals surface area contributed by atoms with Crippen LogP contribution in [0.3, 0.4) is 0 Å². The fraction of sp³-hybridized carbons (Fsp3) is 0.261. The van der Waals surface area contributed by atoms with E-state index in [9.17, 15) is 13.6 Å². The number of allylic oxidation sites excluding steroid dienone is 1. The largest absolute Gasteiger partial charge is 0.490 e. The summed E-state index contributed by atoms with van der Waals surface area (Å²) in [5.74, 6) is 0.184. The Balaban J connectivity index is 1.78. The van der Waals surface area contributed by atoms with Gasteiger partial charge in [-0.15, -0.1) is 0 Å². The van der Waals surface area contributed by atoms with Crippen molar-refractivity contribution in [2.75, 3.05) is 17.2 Å². The molecule has 2 N–H and O–H groups in total.